The van der Waals surface area contributed by atoms with E-state index in [4.69, 9.17) is 5.73 Å². The van der Waals surface area contributed by atoms with Gasteiger partial charge in [-0.05, 0) is 18.7 Å². The zero-order valence-corrected chi connectivity index (χ0v) is 12.5. The number of alkyl halides is 2. The van der Waals surface area contributed by atoms with Gasteiger partial charge in [0, 0.05) is 16.7 Å². The molecular formula is C13H13F2N3OS2. The molecule has 2 aromatic rings. The van der Waals surface area contributed by atoms with E-state index in [1.165, 1.54) is 17.4 Å². The lowest BCUT2D eigenvalue weighted by molar-refractivity contribution is 0.102. The van der Waals surface area contributed by atoms with Crippen LogP contribution >= 0.6 is 23.1 Å². The Kier molecular flexibility index (Phi) is 5.66. The molecule has 0 fully saturated rings. The Bertz CT molecular complexity index is 619. The normalized spacial score (nSPS) is 10.9. The van der Waals surface area contributed by atoms with E-state index in [1.54, 1.807) is 23.6 Å². The van der Waals surface area contributed by atoms with Gasteiger partial charge in [0.15, 0.2) is 0 Å². The van der Waals surface area contributed by atoms with Gasteiger partial charge in [-0.3, -0.25) is 4.79 Å². The molecule has 0 aliphatic rings. The van der Waals surface area contributed by atoms with Crippen molar-refractivity contribution in [3.63, 3.8) is 0 Å². The smallest absolute Gasteiger partial charge is 0.288 e. The monoisotopic (exact) mass is 329 g/mol. The first-order valence-electron chi connectivity index (χ1n) is 6.10. The van der Waals surface area contributed by atoms with E-state index in [9.17, 15) is 13.6 Å². The average Bonchev–Trinajstić information content (AvgIpc) is 2.89. The Balaban J connectivity index is 2.11. The molecule has 0 aliphatic carbocycles. The van der Waals surface area contributed by atoms with Crippen molar-refractivity contribution in [2.24, 2.45) is 5.73 Å². The fourth-order valence-corrected chi connectivity index (χ4v) is 3.00. The molecule has 0 atom stereocenters. The van der Waals surface area contributed by atoms with Gasteiger partial charge in [-0.1, -0.05) is 23.9 Å². The predicted octanol–water partition coefficient (Wildman–Crippen LogP) is 3.21. The lowest BCUT2D eigenvalue weighted by Crippen LogP contribution is -2.13. The minimum absolute atomic E-state index is 0.264. The van der Waals surface area contributed by atoms with Gasteiger partial charge < -0.3 is 11.1 Å². The number of thiazole rings is 1. The molecule has 1 amide bonds. The number of carbonyl (C=O) groups excluding carboxylic acids is 1. The molecule has 0 saturated carbocycles. The number of para-hydroxylation sites is 1. The molecule has 2 rings (SSSR count). The number of carbonyl (C=O) groups is 1. The van der Waals surface area contributed by atoms with Gasteiger partial charge in [-0.15, -0.1) is 11.3 Å². The standard InChI is InChI=1S/C13H13F2N3OS2/c14-13(15)21-10-4-2-1-3-8(10)18-12(19)9-7-20-11(17-9)5-6-16/h1-4,7,13H,5-6,16H2,(H,18,19). The highest BCUT2D eigenvalue weighted by Crippen LogP contribution is 2.31. The van der Waals surface area contributed by atoms with Gasteiger partial charge in [0.2, 0.25) is 0 Å². The zero-order valence-electron chi connectivity index (χ0n) is 10.9. The first-order chi connectivity index (χ1) is 10.1. The second kappa shape index (κ2) is 7.48. The van der Waals surface area contributed by atoms with E-state index in [0.29, 0.717) is 35.3 Å². The van der Waals surface area contributed by atoms with Crippen LogP contribution < -0.4 is 11.1 Å². The molecule has 0 unspecified atom stereocenters. The van der Waals surface area contributed by atoms with Crippen LogP contribution in [0.15, 0.2) is 34.5 Å². The molecule has 0 radical (unpaired) electrons. The SMILES string of the molecule is NCCc1nc(C(=O)Nc2ccccc2SC(F)F)cs1. The van der Waals surface area contributed by atoms with Crippen LogP contribution in [-0.4, -0.2) is 23.2 Å². The van der Waals surface area contributed by atoms with Crippen molar-refractivity contribution >= 4 is 34.7 Å². The number of aromatic nitrogens is 1. The van der Waals surface area contributed by atoms with E-state index < -0.39 is 11.7 Å². The molecule has 3 N–H and O–H groups in total. The summed E-state index contributed by atoms with van der Waals surface area (Å²) in [7, 11) is 0. The van der Waals surface area contributed by atoms with Crippen LogP contribution in [-0.2, 0) is 6.42 Å². The van der Waals surface area contributed by atoms with Crippen LogP contribution in [0.5, 0.6) is 0 Å². The van der Waals surface area contributed by atoms with E-state index >= 15 is 0 Å². The third-order valence-corrected chi connectivity index (χ3v) is 4.19. The van der Waals surface area contributed by atoms with Gasteiger partial charge in [-0.2, -0.15) is 8.78 Å². The number of halogens is 2. The van der Waals surface area contributed by atoms with Crippen LogP contribution in [0.3, 0.4) is 0 Å². The second-order valence-electron chi connectivity index (χ2n) is 3.99. The van der Waals surface area contributed by atoms with Crippen molar-refractivity contribution in [3.8, 4) is 0 Å². The quantitative estimate of drug-likeness (QED) is 0.799. The summed E-state index contributed by atoms with van der Waals surface area (Å²) < 4.78 is 25.0. The molecule has 0 aliphatic heterocycles. The first kappa shape index (κ1) is 15.9. The number of nitrogens with zero attached hydrogens (tertiary/aromatic N) is 1. The second-order valence-corrected chi connectivity index (χ2v) is 5.97. The number of hydrogen-bond acceptors (Lipinski definition) is 5. The van der Waals surface area contributed by atoms with Crippen molar-refractivity contribution in [1.29, 1.82) is 0 Å². The van der Waals surface area contributed by atoms with Gasteiger partial charge in [0.25, 0.3) is 11.7 Å². The van der Waals surface area contributed by atoms with E-state index in [-0.39, 0.29) is 5.69 Å². The summed E-state index contributed by atoms with van der Waals surface area (Å²) in [6.45, 7) is 0.461. The van der Waals surface area contributed by atoms with E-state index in [0.717, 1.165) is 5.01 Å². The molecule has 1 heterocycles. The molecule has 0 bridgehead atoms. The molecule has 1 aromatic heterocycles. The summed E-state index contributed by atoms with van der Waals surface area (Å²) in [5.74, 6) is -2.96. The highest BCUT2D eigenvalue weighted by atomic mass is 32.2. The largest absolute Gasteiger partial charge is 0.330 e. The molecule has 21 heavy (non-hydrogen) atoms. The Morgan fingerprint density at radius 1 is 1.43 bits per heavy atom. The number of nitrogens with one attached hydrogen (secondary N) is 1. The number of nitrogens with two attached hydrogens (primary N) is 1. The predicted molar refractivity (Wildman–Crippen MR) is 81.1 cm³/mol. The topological polar surface area (TPSA) is 68.0 Å². The van der Waals surface area contributed by atoms with Gasteiger partial charge in [-0.25, -0.2) is 4.98 Å². The summed E-state index contributed by atoms with van der Waals surface area (Å²) in [6, 6.07) is 6.43. The van der Waals surface area contributed by atoms with E-state index in [2.05, 4.69) is 10.3 Å². The number of thioether (sulfide) groups is 1. The Morgan fingerprint density at radius 2 is 2.19 bits per heavy atom. The van der Waals surface area contributed by atoms with Gasteiger partial charge in [0.05, 0.1) is 10.7 Å². The van der Waals surface area contributed by atoms with Gasteiger partial charge in [0.1, 0.15) is 5.69 Å². The van der Waals surface area contributed by atoms with Gasteiger partial charge >= 0.3 is 0 Å². The number of benzene rings is 1. The number of amides is 1. The minimum atomic E-state index is -2.54. The van der Waals surface area contributed by atoms with E-state index in [1.807, 2.05) is 0 Å². The summed E-state index contributed by atoms with van der Waals surface area (Å²) in [5, 5.41) is 5.01. The highest BCUT2D eigenvalue weighted by molar-refractivity contribution is 7.99. The Morgan fingerprint density at radius 3 is 2.90 bits per heavy atom. The van der Waals surface area contributed by atoms with Crippen LogP contribution in [0.1, 0.15) is 15.5 Å². The van der Waals surface area contributed by atoms with Crippen LogP contribution in [0.2, 0.25) is 0 Å². The molecular weight excluding hydrogens is 316 g/mol. The van der Waals surface area contributed by atoms with Crippen molar-refractivity contribution in [2.45, 2.75) is 17.1 Å². The van der Waals surface area contributed by atoms with Crippen LogP contribution in [0, 0.1) is 0 Å². The fourth-order valence-electron chi connectivity index (χ4n) is 1.61. The van der Waals surface area contributed by atoms with Crippen molar-refractivity contribution in [1.82, 2.24) is 4.98 Å². The van der Waals surface area contributed by atoms with Crippen molar-refractivity contribution < 1.29 is 13.6 Å². The van der Waals surface area contributed by atoms with Crippen molar-refractivity contribution in [3.05, 3.63) is 40.3 Å². The maximum absolute atomic E-state index is 12.5. The third-order valence-electron chi connectivity index (χ3n) is 2.49. The van der Waals surface area contributed by atoms with Crippen molar-refractivity contribution in [2.75, 3.05) is 11.9 Å². The summed E-state index contributed by atoms with van der Waals surface area (Å²) in [4.78, 5) is 16.6. The molecule has 0 spiro atoms. The molecule has 8 heteroatoms. The maximum atomic E-state index is 12.5. The summed E-state index contributed by atoms with van der Waals surface area (Å²) in [5.41, 5.74) is 6.04. The number of rotatable bonds is 6. The van der Waals surface area contributed by atoms with Crippen LogP contribution in [0.25, 0.3) is 0 Å². The number of anilines is 1. The maximum Gasteiger partial charge on any atom is 0.288 e. The summed E-state index contributed by atoms with van der Waals surface area (Å²) in [6.07, 6.45) is 0.607. The molecule has 112 valence electrons. The highest BCUT2D eigenvalue weighted by Gasteiger charge is 2.14. The minimum Gasteiger partial charge on any atom is -0.330 e. The zero-order chi connectivity index (χ0) is 15.2. The Labute approximate surface area is 128 Å². The average molecular weight is 329 g/mol. The lowest BCUT2D eigenvalue weighted by Gasteiger charge is -2.09. The molecule has 0 saturated heterocycles. The number of hydrogen-bond donors (Lipinski definition) is 2. The Hall–Kier alpha value is -1.51. The third kappa shape index (κ3) is 4.48. The summed E-state index contributed by atoms with van der Waals surface area (Å²) >= 11 is 1.74. The first-order valence-corrected chi connectivity index (χ1v) is 7.85. The lowest BCUT2D eigenvalue weighted by atomic mass is 10.3. The fraction of sp³-hybridized carbons (Fsp3) is 0.231. The van der Waals surface area contributed by atoms with Crippen LogP contribution in [0.4, 0.5) is 14.5 Å². The molecule has 1 aromatic carbocycles. The molecule has 4 nitrogen and oxygen atoms in total.